The number of hydrogen-bond donors (Lipinski definition) is 3. The molecule has 0 saturated carbocycles. The normalized spacial score (nSPS) is 16.0. The Hall–Kier alpha value is -3.80. The molecule has 1 atom stereocenters. The van der Waals surface area contributed by atoms with Crippen molar-refractivity contribution < 1.29 is 27.5 Å². The summed E-state index contributed by atoms with van der Waals surface area (Å²) in [6, 6.07) is 12.8. The minimum absolute atomic E-state index is 0.00248. The third-order valence-corrected chi connectivity index (χ3v) is 9.10. The molecule has 41 heavy (non-hydrogen) atoms. The second-order valence-electron chi connectivity index (χ2n) is 9.16. The first-order chi connectivity index (χ1) is 19.4. The summed E-state index contributed by atoms with van der Waals surface area (Å²) in [4.78, 5) is 39.6. The van der Waals surface area contributed by atoms with Crippen LogP contribution in [-0.4, -0.2) is 51.4 Å². The topological polar surface area (TPSA) is 134 Å². The lowest BCUT2D eigenvalue weighted by atomic mass is 9.83. The Morgan fingerprint density at radius 3 is 2.29 bits per heavy atom. The second kappa shape index (κ2) is 11.6. The molecule has 3 aromatic rings. The van der Waals surface area contributed by atoms with E-state index in [0.717, 1.165) is 0 Å². The highest BCUT2D eigenvalue weighted by molar-refractivity contribution is 7.91. The SMILES string of the molecule is CCN(CC)C(=O)Nc1ccc(S(=O)(=O)c2cc(Cl)cc3c2NC(=O)C3(NC(C)=O)c2ccccc2Cl)c(OC)c1. The number of anilines is 2. The molecule has 13 heteroatoms. The van der Waals surface area contributed by atoms with E-state index in [9.17, 15) is 22.8 Å². The van der Waals surface area contributed by atoms with Gasteiger partial charge in [0.05, 0.1) is 17.7 Å². The summed E-state index contributed by atoms with van der Waals surface area (Å²) in [6.07, 6.45) is 0. The summed E-state index contributed by atoms with van der Waals surface area (Å²) in [5.74, 6) is -1.31. The van der Waals surface area contributed by atoms with Crippen LogP contribution in [0.1, 0.15) is 31.9 Å². The maximum absolute atomic E-state index is 14.1. The number of urea groups is 1. The lowest BCUT2D eigenvalue weighted by Gasteiger charge is -2.30. The molecule has 0 spiro atoms. The van der Waals surface area contributed by atoms with Gasteiger partial charge in [0, 0.05) is 52.9 Å². The molecular weight excluding hydrogens is 591 g/mol. The average Bonchev–Trinajstić information content (AvgIpc) is 3.19. The minimum Gasteiger partial charge on any atom is -0.495 e. The molecule has 4 amide bonds. The molecule has 0 saturated heterocycles. The Kier molecular flexibility index (Phi) is 8.53. The van der Waals surface area contributed by atoms with E-state index in [0.29, 0.717) is 18.8 Å². The first-order valence-electron chi connectivity index (χ1n) is 12.6. The number of benzene rings is 3. The van der Waals surface area contributed by atoms with Crippen LogP contribution in [-0.2, 0) is 25.0 Å². The van der Waals surface area contributed by atoms with E-state index in [1.165, 1.54) is 44.4 Å². The number of nitrogens with one attached hydrogen (secondary N) is 3. The molecule has 3 aromatic carbocycles. The largest absolute Gasteiger partial charge is 0.495 e. The van der Waals surface area contributed by atoms with E-state index < -0.39 is 27.2 Å². The number of fused-ring (bicyclic) bond motifs is 1. The second-order valence-corrected chi connectivity index (χ2v) is 11.9. The summed E-state index contributed by atoms with van der Waals surface area (Å²) < 4.78 is 33.6. The standard InChI is InChI=1S/C28H28Cl2N4O6S/c1-5-34(6-2)27(37)31-18-11-12-23(22(15-18)40-4)41(38,39)24-14-17(29)13-20-25(24)32-26(36)28(20,33-16(3)35)19-9-7-8-10-21(19)30/h7-15H,5-6H2,1-4H3,(H,31,37)(H,32,36)(H,33,35). The lowest BCUT2D eigenvalue weighted by molar-refractivity contribution is -0.127. The third-order valence-electron chi connectivity index (χ3n) is 6.74. The molecule has 0 aliphatic carbocycles. The fourth-order valence-corrected chi connectivity index (χ4v) is 7.00. The van der Waals surface area contributed by atoms with Crippen molar-refractivity contribution in [2.24, 2.45) is 0 Å². The molecule has 10 nitrogen and oxygen atoms in total. The zero-order valence-electron chi connectivity index (χ0n) is 22.7. The number of rotatable bonds is 8. The van der Waals surface area contributed by atoms with Gasteiger partial charge in [-0.3, -0.25) is 9.59 Å². The summed E-state index contributed by atoms with van der Waals surface area (Å²) in [5, 5.41) is 8.22. The number of nitrogens with zero attached hydrogens (tertiary/aromatic N) is 1. The highest BCUT2D eigenvalue weighted by Gasteiger charge is 2.52. The molecule has 1 heterocycles. The van der Waals surface area contributed by atoms with Gasteiger partial charge in [0.15, 0.2) is 5.54 Å². The van der Waals surface area contributed by atoms with Crippen LogP contribution in [0.15, 0.2) is 64.4 Å². The van der Waals surface area contributed by atoms with Crippen LogP contribution in [0, 0.1) is 0 Å². The zero-order valence-corrected chi connectivity index (χ0v) is 25.0. The van der Waals surface area contributed by atoms with Gasteiger partial charge in [-0.25, -0.2) is 13.2 Å². The number of carbonyl (C=O) groups excluding carboxylic acids is 3. The molecule has 1 unspecified atom stereocenters. The monoisotopic (exact) mass is 618 g/mol. The first-order valence-corrected chi connectivity index (χ1v) is 14.8. The van der Waals surface area contributed by atoms with E-state index in [1.807, 2.05) is 13.8 Å². The van der Waals surface area contributed by atoms with Crippen molar-refractivity contribution in [3.05, 3.63) is 75.8 Å². The number of methoxy groups -OCH3 is 1. The lowest BCUT2D eigenvalue weighted by Crippen LogP contribution is -2.51. The van der Waals surface area contributed by atoms with E-state index in [2.05, 4.69) is 16.0 Å². The third kappa shape index (κ3) is 5.32. The van der Waals surface area contributed by atoms with Crippen molar-refractivity contribution in [1.29, 1.82) is 0 Å². The quantitative estimate of drug-likeness (QED) is 0.324. The predicted octanol–water partition coefficient (Wildman–Crippen LogP) is 5.04. The fraction of sp³-hybridized carbons (Fsp3) is 0.250. The van der Waals surface area contributed by atoms with Gasteiger partial charge < -0.3 is 25.6 Å². The van der Waals surface area contributed by atoms with E-state index >= 15 is 0 Å². The van der Waals surface area contributed by atoms with E-state index in [4.69, 9.17) is 27.9 Å². The van der Waals surface area contributed by atoms with Crippen LogP contribution in [0.5, 0.6) is 5.75 Å². The Morgan fingerprint density at radius 1 is 1.00 bits per heavy atom. The minimum atomic E-state index is -4.39. The van der Waals surface area contributed by atoms with Crippen LogP contribution in [0.3, 0.4) is 0 Å². The van der Waals surface area contributed by atoms with Crippen molar-refractivity contribution in [2.75, 3.05) is 30.8 Å². The molecule has 4 rings (SSSR count). The van der Waals surface area contributed by atoms with Gasteiger partial charge >= 0.3 is 6.03 Å². The van der Waals surface area contributed by atoms with Crippen LogP contribution in [0.25, 0.3) is 0 Å². The molecule has 216 valence electrons. The molecule has 0 radical (unpaired) electrons. The molecule has 1 aliphatic rings. The maximum Gasteiger partial charge on any atom is 0.321 e. The predicted molar refractivity (Wildman–Crippen MR) is 157 cm³/mol. The van der Waals surface area contributed by atoms with Crippen molar-refractivity contribution in [3.63, 3.8) is 0 Å². The van der Waals surface area contributed by atoms with E-state index in [1.54, 1.807) is 29.2 Å². The number of carbonyl (C=O) groups is 3. The van der Waals surface area contributed by atoms with Gasteiger partial charge in [0.25, 0.3) is 5.91 Å². The van der Waals surface area contributed by atoms with Crippen LogP contribution in [0.4, 0.5) is 16.2 Å². The van der Waals surface area contributed by atoms with Gasteiger partial charge in [-0.15, -0.1) is 0 Å². The summed E-state index contributed by atoms with van der Waals surface area (Å²) >= 11 is 12.9. The van der Waals surface area contributed by atoms with Crippen molar-refractivity contribution in [3.8, 4) is 5.75 Å². The Labute approximate surface area is 247 Å². The van der Waals surface area contributed by atoms with Crippen LogP contribution >= 0.6 is 23.2 Å². The average molecular weight is 620 g/mol. The van der Waals surface area contributed by atoms with Gasteiger partial charge in [-0.1, -0.05) is 41.4 Å². The van der Waals surface area contributed by atoms with Gasteiger partial charge in [0.1, 0.15) is 10.6 Å². The Bertz CT molecular complexity index is 1660. The summed E-state index contributed by atoms with van der Waals surface area (Å²) in [5.41, 5.74) is -1.24. The van der Waals surface area contributed by atoms with Crippen LogP contribution < -0.4 is 20.7 Å². The smallest absolute Gasteiger partial charge is 0.321 e. The van der Waals surface area contributed by atoms with E-state index in [-0.39, 0.29) is 48.4 Å². The van der Waals surface area contributed by atoms with Crippen molar-refractivity contribution >= 4 is 62.3 Å². The van der Waals surface area contributed by atoms with Gasteiger partial charge in [-0.05, 0) is 44.2 Å². The van der Waals surface area contributed by atoms with Gasteiger partial charge in [0.2, 0.25) is 15.7 Å². The summed E-state index contributed by atoms with van der Waals surface area (Å²) in [7, 11) is -3.09. The number of halogens is 2. The van der Waals surface area contributed by atoms with Crippen molar-refractivity contribution in [2.45, 2.75) is 36.1 Å². The number of hydrogen-bond acceptors (Lipinski definition) is 6. The molecule has 0 bridgehead atoms. The number of sulfone groups is 1. The molecule has 0 fully saturated rings. The number of ether oxygens (including phenoxy) is 1. The zero-order chi connectivity index (χ0) is 30.1. The maximum atomic E-state index is 14.1. The molecule has 0 aromatic heterocycles. The van der Waals surface area contributed by atoms with Gasteiger partial charge in [-0.2, -0.15) is 0 Å². The highest BCUT2D eigenvalue weighted by Crippen LogP contribution is 2.48. The fourth-order valence-electron chi connectivity index (χ4n) is 4.84. The van der Waals surface area contributed by atoms with Crippen molar-refractivity contribution in [1.82, 2.24) is 10.2 Å². The Morgan fingerprint density at radius 2 is 1.68 bits per heavy atom. The first kappa shape index (κ1) is 30.2. The molecular formula is C28H28Cl2N4O6S. The van der Waals surface area contributed by atoms with Crippen LogP contribution in [0.2, 0.25) is 10.0 Å². The Balaban J connectivity index is 1.89. The highest BCUT2D eigenvalue weighted by atomic mass is 35.5. The molecule has 3 N–H and O–H groups in total. The molecule has 1 aliphatic heterocycles. The number of amides is 4. The summed E-state index contributed by atoms with van der Waals surface area (Å²) in [6.45, 7) is 5.90.